The Hall–Kier alpha value is -2.95. The number of carbonyl (C=O) groups excluding carboxylic acids is 3. The summed E-state index contributed by atoms with van der Waals surface area (Å²) in [5.41, 5.74) is -2.39. The van der Waals surface area contributed by atoms with E-state index in [1.165, 1.54) is 4.90 Å². The van der Waals surface area contributed by atoms with E-state index in [4.69, 9.17) is 13.9 Å². The fourth-order valence-corrected chi connectivity index (χ4v) is 4.64. The summed E-state index contributed by atoms with van der Waals surface area (Å²) in [5, 5.41) is 23.6. The number of esters is 2. The number of rotatable bonds is 3. The van der Waals surface area contributed by atoms with Gasteiger partial charge in [0.25, 0.3) is 5.91 Å². The van der Waals surface area contributed by atoms with Crippen molar-refractivity contribution in [1.82, 2.24) is 10.2 Å². The Balaban J connectivity index is 1.63. The van der Waals surface area contributed by atoms with Gasteiger partial charge in [0.15, 0.2) is 23.7 Å². The van der Waals surface area contributed by atoms with Gasteiger partial charge in [-0.15, -0.1) is 0 Å². The number of carbonyl (C=O) groups is 3. The molecule has 3 N–H and O–H groups in total. The molecule has 2 bridgehead atoms. The summed E-state index contributed by atoms with van der Waals surface area (Å²) in [5.74, 6) is -3.30. The zero-order chi connectivity index (χ0) is 21.3. The molecule has 5 rings (SSSR count). The largest absolute Gasteiger partial charge is 0.451 e. The molecule has 3 fully saturated rings. The van der Waals surface area contributed by atoms with Crippen LogP contribution in [0.25, 0.3) is 11.0 Å². The van der Waals surface area contributed by atoms with Crippen molar-refractivity contribution in [3.63, 3.8) is 0 Å². The second-order valence-electron chi connectivity index (χ2n) is 7.95. The molecule has 0 radical (unpaired) electrons. The highest BCUT2D eigenvalue weighted by Crippen LogP contribution is 2.63. The number of nitrogens with one attached hydrogen (secondary N) is 1. The highest BCUT2D eigenvalue weighted by molar-refractivity contribution is 5.98. The SMILES string of the molecule is CNCC12CC3CC3(OC(=O)C(O)C(O)C(=O)O1)N2C(=O)c1cc2ccccc2o1. The molecule has 1 spiro atoms. The monoisotopic (exact) mass is 416 g/mol. The first-order valence-electron chi connectivity index (χ1n) is 9.61. The molecule has 3 heterocycles. The molecule has 1 aliphatic carbocycles. The van der Waals surface area contributed by atoms with Crippen molar-refractivity contribution in [3.8, 4) is 0 Å². The molecule has 2 saturated heterocycles. The number of amides is 1. The lowest BCUT2D eigenvalue weighted by molar-refractivity contribution is -0.195. The van der Waals surface area contributed by atoms with Gasteiger partial charge in [0, 0.05) is 24.1 Å². The first-order chi connectivity index (χ1) is 14.3. The predicted octanol–water partition coefficient (Wildman–Crippen LogP) is -0.268. The summed E-state index contributed by atoms with van der Waals surface area (Å²) in [6, 6.07) is 8.65. The van der Waals surface area contributed by atoms with E-state index in [1.54, 1.807) is 37.4 Å². The summed E-state index contributed by atoms with van der Waals surface area (Å²) in [6.45, 7) is 0.0311. The third-order valence-electron chi connectivity index (χ3n) is 6.01. The van der Waals surface area contributed by atoms with E-state index in [0.717, 1.165) is 0 Å². The molecule has 2 aliphatic heterocycles. The van der Waals surface area contributed by atoms with Crippen LogP contribution >= 0.6 is 0 Å². The average Bonchev–Trinajstić information content (AvgIpc) is 3.10. The van der Waals surface area contributed by atoms with E-state index in [-0.39, 0.29) is 24.6 Å². The summed E-state index contributed by atoms with van der Waals surface area (Å²) in [6.07, 6.45) is -3.69. The van der Waals surface area contributed by atoms with Crippen LogP contribution in [0, 0.1) is 5.92 Å². The second kappa shape index (κ2) is 6.27. The molecule has 1 aromatic heterocycles. The van der Waals surface area contributed by atoms with Crippen molar-refractivity contribution < 1.29 is 38.5 Å². The number of nitrogens with zero attached hydrogens (tertiary/aromatic N) is 1. The number of ether oxygens (including phenoxy) is 2. The molecule has 2 aromatic rings. The fraction of sp³-hybridized carbons (Fsp3) is 0.450. The van der Waals surface area contributed by atoms with Gasteiger partial charge in [-0.2, -0.15) is 0 Å². The third-order valence-corrected chi connectivity index (χ3v) is 6.01. The molecule has 1 aromatic carbocycles. The third kappa shape index (κ3) is 2.51. The van der Waals surface area contributed by atoms with Gasteiger partial charge in [0.1, 0.15) is 5.58 Å². The lowest BCUT2D eigenvalue weighted by atomic mass is 10.1. The van der Waals surface area contributed by atoms with Gasteiger partial charge in [0.05, 0.1) is 6.54 Å². The highest BCUT2D eigenvalue weighted by atomic mass is 16.6. The van der Waals surface area contributed by atoms with Gasteiger partial charge in [-0.25, -0.2) is 9.59 Å². The van der Waals surface area contributed by atoms with Crippen molar-refractivity contribution in [2.24, 2.45) is 5.92 Å². The molecule has 1 saturated carbocycles. The minimum atomic E-state index is -2.12. The fourth-order valence-electron chi connectivity index (χ4n) is 4.64. The number of furan rings is 1. The molecular weight excluding hydrogens is 396 g/mol. The maximum absolute atomic E-state index is 13.6. The van der Waals surface area contributed by atoms with Crippen LogP contribution in [0.3, 0.4) is 0 Å². The van der Waals surface area contributed by atoms with Crippen LogP contribution < -0.4 is 5.32 Å². The van der Waals surface area contributed by atoms with Crippen LogP contribution in [0.5, 0.6) is 0 Å². The molecule has 10 heteroatoms. The number of fused-ring (bicyclic) bond motifs is 2. The number of aliphatic hydroxyl groups excluding tert-OH is 2. The topological polar surface area (TPSA) is 139 Å². The maximum Gasteiger partial charge on any atom is 0.340 e. The number of piperidine rings is 1. The molecule has 1 amide bonds. The van der Waals surface area contributed by atoms with Crippen LogP contribution in [0.1, 0.15) is 23.4 Å². The molecule has 3 aliphatic rings. The van der Waals surface area contributed by atoms with Gasteiger partial charge in [0.2, 0.25) is 5.72 Å². The van der Waals surface area contributed by atoms with E-state index in [2.05, 4.69) is 5.32 Å². The van der Waals surface area contributed by atoms with Crippen molar-refractivity contribution in [2.75, 3.05) is 13.6 Å². The Kier molecular flexibility index (Phi) is 3.98. The summed E-state index contributed by atoms with van der Waals surface area (Å²) in [4.78, 5) is 39.7. The van der Waals surface area contributed by atoms with Crippen LogP contribution in [0.15, 0.2) is 34.7 Å². The number of hydrogen-bond acceptors (Lipinski definition) is 9. The van der Waals surface area contributed by atoms with E-state index >= 15 is 0 Å². The van der Waals surface area contributed by atoms with Crippen molar-refractivity contribution in [2.45, 2.75) is 36.5 Å². The van der Waals surface area contributed by atoms with E-state index < -0.39 is 41.5 Å². The standard InChI is InChI=1S/C20H20N2O8/c1-21-9-19-7-11-8-20(11,30-18(27)15(24)14(23)17(26)29-19)22(19)16(25)13-6-10-4-2-3-5-12(10)28-13/h2-6,11,14-15,21,23-24H,7-9H2,1H3. The number of para-hydroxylation sites is 1. The van der Waals surface area contributed by atoms with E-state index in [1.807, 2.05) is 0 Å². The van der Waals surface area contributed by atoms with Crippen LogP contribution in [-0.4, -0.2) is 70.2 Å². The molecule has 5 atom stereocenters. The summed E-state index contributed by atoms with van der Waals surface area (Å²) in [7, 11) is 1.62. The number of benzene rings is 1. The number of likely N-dealkylation sites (N-methyl/N-ethyl adjacent to an activating group) is 1. The van der Waals surface area contributed by atoms with E-state index in [0.29, 0.717) is 17.4 Å². The maximum atomic E-state index is 13.6. The smallest absolute Gasteiger partial charge is 0.340 e. The molecule has 5 unspecified atom stereocenters. The Labute approximate surface area is 170 Å². The second-order valence-corrected chi connectivity index (χ2v) is 7.95. The Bertz CT molecular complexity index is 1030. The Morgan fingerprint density at radius 2 is 1.87 bits per heavy atom. The zero-order valence-corrected chi connectivity index (χ0v) is 16.0. The summed E-state index contributed by atoms with van der Waals surface area (Å²) >= 11 is 0. The van der Waals surface area contributed by atoms with Gasteiger partial charge < -0.3 is 29.4 Å². The number of aliphatic hydroxyl groups is 2. The minimum absolute atomic E-state index is 0.00366. The van der Waals surface area contributed by atoms with Crippen molar-refractivity contribution in [3.05, 3.63) is 36.1 Å². The first-order valence-corrected chi connectivity index (χ1v) is 9.61. The molecule has 158 valence electrons. The predicted molar refractivity (Wildman–Crippen MR) is 98.7 cm³/mol. The van der Waals surface area contributed by atoms with Crippen LogP contribution in [0.2, 0.25) is 0 Å². The number of hydrogen-bond donors (Lipinski definition) is 3. The molecular formula is C20H20N2O8. The first kappa shape index (κ1) is 19.0. The van der Waals surface area contributed by atoms with E-state index in [9.17, 15) is 24.6 Å². The molecule has 10 nitrogen and oxygen atoms in total. The Morgan fingerprint density at radius 1 is 1.17 bits per heavy atom. The lowest BCUT2D eigenvalue weighted by Gasteiger charge is -2.41. The summed E-state index contributed by atoms with van der Waals surface area (Å²) < 4.78 is 16.8. The van der Waals surface area contributed by atoms with Gasteiger partial charge in [-0.05, 0) is 19.2 Å². The minimum Gasteiger partial charge on any atom is -0.451 e. The zero-order valence-electron chi connectivity index (χ0n) is 16.0. The van der Waals surface area contributed by atoms with Gasteiger partial charge >= 0.3 is 11.9 Å². The normalized spacial score (nSPS) is 35.2. The lowest BCUT2D eigenvalue weighted by Crippen LogP contribution is -2.61. The van der Waals surface area contributed by atoms with Crippen molar-refractivity contribution in [1.29, 1.82) is 0 Å². The van der Waals surface area contributed by atoms with Crippen LogP contribution in [0.4, 0.5) is 0 Å². The van der Waals surface area contributed by atoms with Gasteiger partial charge in [-0.3, -0.25) is 9.69 Å². The average molecular weight is 416 g/mol. The van der Waals surface area contributed by atoms with Crippen molar-refractivity contribution >= 4 is 28.8 Å². The van der Waals surface area contributed by atoms with Gasteiger partial charge in [-0.1, -0.05) is 18.2 Å². The Morgan fingerprint density at radius 3 is 2.57 bits per heavy atom. The quantitative estimate of drug-likeness (QED) is 0.577. The van der Waals surface area contributed by atoms with Crippen LogP contribution in [-0.2, 0) is 19.1 Å². The molecule has 30 heavy (non-hydrogen) atoms. The highest BCUT2D eigenvalue weighted by Gasteiger charge is 2.77.